The van der Waals surface area contributed by atoms with Gasteiger partial charge < -0.3 is 4.90 Å². The number of hydrogen-bond acceptors (Lipinski definition) is 3. The van der Waals surface area contributed by atoms with Crippen molar-refractivity contribution in [2.24, 2.45) is 0 Å². The lowest BCUT2D eigenvalue weighted by atomic mass is 10.1. The lowest BCUT2D eigenvalue weighted by Gasteiger charge is -2.24. The monoisotopic (exact) mass is 266 g/mol. The molecule has 3 nitrogen and oxygen atoms in total. The molecule has 3 rings (SSSR count). The van der Waals surface area contributed by atoms with Crippen molar-refractivity contribution in [3.05, 3.63) is 59.4 Å². The molecule has 0 spiro atoms. The molecule has 0 bridgehead atoms. The summed E-state index contributed by atoms with van der Waals surface area (Å²) in [6, 6.07) is 14.0. The molecule has 0 unspecified atom stereocenters. The van der Waals surface area contributed by atoms with Crippen LogP contribution in [0.1, 0.15) is 34.6 Å². The van der Waals surface area contributed by atoms with E-state index in [4.69, 9.17) is 0 Å². The van der Waals surface area contributed by atoms with Gasteiger partial charge in [0, 0.05) is 29.9 Å². The molecule has 0 saturated heterocycles. The summed E-state index contributed by atoms with van der Waals surface area (Å²) in [5, 5.41) is 0. The van der Waals surface area contributed by atoms with E-state index in [2.05, 4.69) is 9.88 Å². The molecule has 0 fully saturated rings. The van der Waals surface area contributed by atoms with Gasteiger partial charge in [0.25, 0.3) is 0 Å². The maximum Gasteiger partial charge on any atom is 0.165 e. The van der Waals surface area contributed by atoms with Crippen LogP contribution in [0, 0.1) is 6.92 Å². The summed E-state index contributed by atoms with van der Waals surface area (Å²) in [6.45, 7) is 3.66. The number of Topliss-reactive ketones (excluding diaryl/α,β-unsaturated/α-hetero) is 1. The Kier molecular flexibility index (Phi) is 3.50. The lowest BCUT2D eigenvalue weighted by Crippen LogP contribution is -2.24. The van der Waals surface area contributed by atoms with Crippen LogP contribution in [0.3, 0.4) is 0 Å². The Morgan fingerprint density at radius 1 is 1.15 bits per heavy atom. The Balaban J connectivity index is 1.93. The highest BCUT2D eigenvalue weighted by Gasteiger charge is 2.20. The summed E-state index contributed by atoms with van der Waals surface area (Å²) >= 11 is 0. The van der Waals surface area contributed by atoms with Crippen LogP contribution in [0.5, 0.6) is 0 Å². The van der Waals surface area contributed by atoms with E-state index >= 15 is 0 Å². The molecule has 1 aliphatic rings. The van der Waals surface area contributed by atoms with E-state index < -0.39 is 0 Å². The van der Waals surface area contributed by atoms with Gasteiger partial charge >= 0.3 is 0 Å². The van der Waals surface area contributed by atoms with Crippen molar-refractivity contribution in [3.8, 4) is 0 Å². The Morgan fingerprint density at radius 2 is 2.00 bits per heavy atom. The Bertz CT molecular complexity index is 636. The number of pyridine rings is 1. The molecule has 1 aromatic carbocycles. The summed E-state index contributed by atoms with van der Waals surface area (Å²) < 4.78 is 0. The van der Waals surface area contributed by atoms with Crippen molar-refractivity contribution in [2.45, 2.75) is 26.3 Å². The van der Waals surface area contributed by atoms with Gasteiger partial charge in [-0.1, -0.05) is 18.2 Å². The number of benzene rings is 1. The number of nitrogens with zero attached hydrogens (tertiary/aromatic N) is 2. The molecule has 0 N–H and O–H groups in total. The third kappa shape index (κ3) is 2.57. The third-order valence-corrected chi connectivity index (χ3v) is 3.68. The van der Waals surface area contributed by atoms with Gasteiger partial charge in [-0.05, 0) is 37.6 Å². The number of aromatic nitrogens is 1. The number of fused-ring (bicyclic) bond motifs is 1. The average molecular weight is 266 g/mol. The van der Waals surface area contributed by atoms with Crippen LogP contribution in [-0.4, -0.2) is 17.3 Å². The van der Waals surface area contributed by atoms with Crippen molar-refractivity contribution in [2.75, 3.05) is 11.4 Å². The predicted molar refractivity (Wildman–Crippen MR) is 80.0 cm³/mol. The van der Waals surface area contributed by atoms with Crippen molar-refractivity contribution >= 4 is 11.5 Å². The molecular weight excluding hydrogens is 248 g/mol. The van der Waals surface area contributed by atoms with Gasteiger partial charge in [0.1, 0.15) is 0 Å². The Hall–Kier alpha value is -2.16. The summed E-state index contributed by atoms with van der Waals surface area (Å²) in [5.41, 5.74) is 3.96. The van der Waals surface area contributed by atoms with Gasteiger partial charge in [-0.3, -0.25) is 9.78 Å². The third-order valence-electron chi connectivity index (χ3n) is 3.68. The topological polar surface area (TPSA) is 33.2 Å². The van der Waals surface area contributed by atoms with E-state index in [0.29, 0.717) is 6.42 Å². The molecule has 0 atom stereocenters. The SMILES string of the molecule is Cc1cccc(CN2CCCC(=O)c3ccccc32)n1. The van der Waals surface area contributed by atoms with Crippen LogP contribution in [0.4, 0.5) is 5.69 Å². The number of carbonyl (C=O) groups is 1. The fourth-order valence-electron chi connectivity index (χ4n) is 2.72. The minimum atomic E-state index is 0.250. The molecule has 2 aromatic rings. The zero-order valence-electron chi connectivity index (χ0n) is 11.7. The predicted octanol–water partition coefficient (Wildman–Crippen LogP) is 3.37. The first-order valence-corrected chi connectivity index (χ1v) is 7.04. The summed E-state index contributed by atoms with van der Waals surface area (Å²) in [7, 11) is 0. The summed E-state index contributed by atoms with van der Waals surface area (Å²) in [5.74, 6) is 0.250. The number of aryl methyl sites for hydroxylation is 1. The van der Waals surface area contributed by atoms with Gasteiger partial charge in [-0.2, -0.15) is 0 Å². The highest BCUT2D eigenvalue weighted by Crippen LogP contribution is 2.27. The van der Waals surface area contributed by atoms with Crippen LogP contribution in [0.2, 0.25) is 0 Å². The van der Waals surface area contributed by atoms with E-state index in [1.54, 1.807) is 0 Å². The van der Waals surface area contributed by atoms with Crippen LogP contribution >= 0.6 is 0 Å². The molecule has 3 heteroatoms. The van der Waals surface area contributed by atoms with E-state index in [1.165, 1.54) is 0 Å². The molecule has 1 aliphatic heterocycles. The number of para-hydroxylation sites is 1. The van der Waals surface area contributed by atoms with E-state index in [9.17, 15) is 4.79 Å². The molecule has 1 aromatic heterocycles. The fraction of sp³-hybridized carbons (Fsp3) is 0.294. The highest BCUT2D eigenvalue weighted by atomic mass is 16.1. The first-order chi connectivity index (χ1) is 9.74. The first-order valence-electron chi connectivity index (χ1n) is 7.04. The van der Waals surface area contributed by atoms with Crippen LogP contribution in [-0.2, 0) is 6.54 Å². The zero-order valence-corrected chi connectivity index (χ0v) is 11.7. The summed E-state index contributed by atoms with van der Waals surface area (Å²) in [4.78, 5) is 18.9. The second-order valence-electron chi connectivity index (χ2n) is 5.24. The van der Waals surface area contributed by atoms with Crippen LogP contribution in [0.15, 0.2) is 42.5 Å². The molecule has 0 saturated carbocycles. The maximum atomic E-state index is 12.1. The average Bonchev–Trinajstić information content (AvgIpc) is 2.60. The standard InChI is InChI=1S/C17H18N2O/c1-13-6-4-7-14(18-13)12-19-11-5-10-17(20)15-8-2-3-9-16(15)19/h2-4,6-9H,5,10-12H2,1H3. The van der Waals surface area contributed by atoms with Crippen LogP contribution < -0.4 is 4.90 Å². The second kappa shape index (κ2) is 5.45. The largest absolute Gasteiger partial charge is 0.365 e. The fourth-order valence-corrected chi connectivity index (χ4v) is 2.72. The lowest BCUT2D eigenvalue weighted by molar-refractivity contribution is 0.0984. The van der Waals surface area contributed by atoms with Gasteiger partial charge in [0.2, 0.25) is 0 Å². The minimum Gasteiger partial charge on any atom is -0.365 e. The Morgan fingerprint density at radius 3 is 2.85 bits per heavy atom. The molecule has 0 amide bonds. The van der Waals surface area contributed by atoms with Crippen molar-refractivity contribution in [3.63, 3.8) is 0 Å². The van der Waals surface area contributed by atoms with Crippen molar-refractivity contribution < 1.29 is 4.79 Å². The summed E-state index contributed by atoms with van der Waals surface area (Å²) in [6.07, 6.45) is 1.54. The van der Waals surface area contributed by atoms with Gasteiger partial charge in [0.15, 0.2) is 5.78 Å². The zero-order chi connectivity index (χ0) is 13.9. The minimum absolute atomic E-state index is 0.250. The van der Waals surface area contributed by atoms with Crippen LogP contribution in [0.25, 0.3) is 0 Å². The van der Waals surface area contributed by atoms with Crippen molar-refractivity contribution in [1.29, 1.82) is 0 Å². The van der Waals surface area contributed by atoms with E-state index in [-0.39, 0.29) is 5.78 Å². The second-order valence-corrected chi connectivity index (χ2v) is 5.24. The number of rotatable bonds is 2. The molecular formula is C17H18N2O. The normalized spacial score (nSPS) is 14.8. The van der Waals surface area contributed by atoms with E-state index in [0.717, 1.165) is 42.1 Å². The number of carbonyl (C=O) groups excluding carboxylic acids is 1. The molecule has 0 aliphatic carbocycles. The van der Waals surface area contributed by atoms with Crippen molar-refractivity contribution in [1.82, 2.24) is 4.98 Å². The number of ketones is 1. The molecule has 2 heterocycles. The first kappa shape index (κ1) is 12.9. The quantitative estimate of drug-likeness (QED) is 0.835. The van der Waals surface area contributed by atoms with Gasteiger partial charge in [-0.15, -0.1) is 0 Å². The van der Waals surface area contributed by atoms with Gasteiger partial charge in [-0.25, -0.2) is 0 Å². The highest BCUT2D eigenvalue weighted by molar-refractivity contribution is 6.01. The van der Waals surface area contributed by atoms with Gasteiger partial charge in [0.05, 0.1) is 12.2 Å². The number of anilines is 1. The maximum absolute atomic E-state index is 12.1. The molecule has 102 valence electrons. The van der Waals surface area contributed by atoms with E-state index in [1.807, 2.05) is 49.4 Å². The Labute approximate surface area is 119 Å². The molecule has 0 radical (unpaired) electrons. The molecule has 20 heavy (non-hydrogen) atoms. The number of hydrogen-bond donors (Lipinski definition) is 0. The smallest absolute Gasteiger partial charge is 0.165 e.